The van der Waals surface area contributed by atoms with Crippen molar-refractivity contribution in [2.75, 3.05) is 0 Å². The minimum atomic E-state index is 0.671. The van der Waals surface area contributed by atoms with E-state index in [0.29, 0.717) is 5.82 Å². The van der Waals surface area contributed by atoms with Gasteiger partial charge in [0.25, 0.3) is 0 Å². The molecule has 0 aliphatic carbocycles. The number of aromatic nitrogens is 6. The average Bonchev–Trinajstić information content (AvgIpc) is 3.81. The molecule has 49 heavy (non-hydrogen) atoms. The highest BCUT2D eigenvalue weighted by atomic mass is 15.3. The molecule has 10 aromatic rings. The van der Waals surface area contributed by atoms with Crippen LogP contribution in [0, 0.1) is 0 Å². The highest BCUT2D eigenvalue weighted by Crippen LogP contribution is 2.37. The predicted molar refractivity (Wildman–Crippen MR) is 198 cm³/mol. The largest absolute Gasteiger partial charge is 0.294 e. The van der Waals surface area contributed by atoms with Crippen LogP contribution in [-0.4, -0.2) is 28.5 Å². The summed E-state index contributed by atoms with van der Waals surface area (Å²) < 4.78 is 6.87. The number of benzene rings is 6. The van der Waals surface area contributed by atoms with Crippen molar-refractivity contribution >= 4 is 38.9 Å². The molecule has 0 radical (unpaired) electrons. The van der Waals surface area contributed by atoms with Crippen LogP contribution in [0.1, 0.15) is 0 Å². The lowest BCUT2D eigenvalue weighted by Gasteiger charge is -2.11. The number of hydrogen-bond acceptors (Lipinski definition) is 3. The fourth-order valence-corrected chi connectivity index (χ4v) is 7.06. The molecular formula is C43H28N6. The Balaban J connectivity index is 1.22. The minimum absolute atomic E-state index is 0.671. The van der Waals surface area contributed by atoms with Gasteiger partial charge in [0, 0.05) is 33.5 Å². The predicted octanol–water partition coefficient (Wildman–Crippen LogP) is 10.2. The number of rotatable bonds is 5. The van der Waals surface area contributed by atoms with Crippen molar-refractivity contribution in [3.05, 3.63) is 170 Å². The highest BCUT2D eigenvalue weighted by Gasteiger charge is 2.23. The van der Waals surface area contributed by atoms with Crippen LogP contribution in [0.5, 0.6) is 0 Å². The van der Waals surface area contributed by atoms with Crippen LogP contribution in [0.4, 0.5) is 0 Å². The van der Waals surface area contributed by atoms with Crippen LogP contribution in [0.2, 0.25) is 0 Å². The Morgan fingerprint density at radius 3 is 1.63 bits per heavy atom. The van der Waals surface area contributed by atoms with Crippen LogP contribution >= 0.6 is 0 Å². The van der Waals surface area contributed by atoms with Gasteiger partial charge in [-0.15, -0.1) is 0 Å². The van der Waals surface area contributed by atoms with E-state index < -0.39 is 0 Å². The molecule has 230 valence electrons. The molecule has 6 nitrogen and oxygen atoms in total. The zero-order chi connectivity index (χ0) is 32.3. The van der Waals surface area contributed by atoms with E-state index in [1.807, 2.05) is 36.4 Å². The van der Waals surface area contributed by atoms with Crippen LogP contribution in [0.25, 0.3) is 84.2 Å². The summed E-state index contributed by atoms with van der Waals surface area (Å²) in [5, 5.41) is 1.12. The number of para-hydroxylation sites is 4. The van der Waals surface area contributed by atoms with E-state index in [4.69, 9.17) is 15.0 Å². The molecule has 4 heterocycles. The molecule has 0 bridgehead atoms. The zero-order valence-electron chi connectivity index (χ0n) is 26.3. The van der Waals surface area contributed by atoms with E-state index in [1.54, 1.807) is 0 Å². The Morgan fingerprint density at radius 1 is 0.388 bits per heavy atom. The van der Waals surface area contributed by atoms with Crippen molar-refractivity contribution in [2.45, 2.75) is 0 Å². The summed E-state index contributed by atoms with van der Waals surface area (Å²) in [6.07, 6.45) is 0. The molecule has 0 unspecified atom stereocenters. The van der Waals surface area contributed by atoms with Crippen molar-refractivity contribution in [2.24, 2.45) is 0 Å². The standard InChI is InChI=1S/C43H28N6/c1-4-15-29(16-5-1)35-28-36(30-17-6-2-7-18-30)45-41(44-35)31-19-14-22-33(27-31)48-38-25-12-13-26-39(38)49-42-40(46-43(48)49)34-23-10-11-24-37(34)47(42)32-20-8-3-9-21-32/h1-28H. The van der Waals surface area contributed by atoms with Crippen LogP contribution in [-0.2, 0) is 0 Å². The maximum Gasteiger partial charge on any atom is 0.221 e. The normalized spacial score (nSPS) is 11.7. The molecule has 0 saturated heterocycles. The van der Waals surface area contributed by atoms with E-state index in [1.165, 1.54) is 0 Å². The first-order valence-electron chi connectivity index (χ1n) is 16.4. The summed E-state index contributed by atoms with van der Waals surface area (Å²) in [6.45, 7) is 0. The second-order valence-electron chi connectivity index (χ2n) is 12.2. The zero-order valence-corrected chi connectivity index (χ0v) is 26.3. The van der Waals surface area contributed by atoms with Gasteiger partial charge in [-0.05, 0) is 48.5 Å². The molecule has 0 fully saturated rings. The fourth-order valence-electron chi connectivity index (χ4n) is 7.06. The van der Waals surface area contributed by atoms with Crippen LogP contribution < -0.4 is 0 Å². The SMILES string of the molecule is c1ccc(-c2cc(-c3ccccc3)nc(-c3cccc(-n4c5ccccc5n5c4nc4c6ccccc6n(-c6ccccc6)c45)c3)n2)cc1. The number of fused-ring (bicyclic) bond motifs is 7. The van der Waals surface area contributed by atoms with Gasteiger partial charge in [-0.1, -0.05) is 121 Å². The third-order valence-corrected chi connectivity index (χ3v) is 9.25. The Kier molecular flexibility index (Phi) is 6.08. The van der Waals surface area contributed by atoms with Crippen molar-refractivity contribution in [1.82, 2.24) is 28.5 Å². The molecule has 0 aliphatic heterocycles. The molecule has 10 rings (SSSR count). The molecule has 6 aromatic carbocycles. The summed E-state index contributed by atoms with van der Waals surface area (Å²) in [5.74, 6) is 1.52. The van der Waals surface area contributed by atoms with Crippen molar-refractivity contribution in [3.63, 3.8) is 0 Å². The summed E-state index contributed by atoms with van der Waals surface area (Å²) in [5.41, 5.74) is 12.2. The second kappa shape index (κ2) is 10.9. The van der Waals surface area contributed by atoms with Gasteiger partial charge in [-0.2, -0.15) is 0 Å². The first-order valence-corrected chi connectivity index (χ1v) is 16.4. The van der Waals surface area contributed by atoms with Crippen molar-refractivity contribution in [3.8, 4) is 45.3 Å². The molecule has 0 N–H and O–H groups in total. The lowest BCUT2D eigenvalue weighted by molar-refractivity contribution is 1.08. The molecule has 0 saturated carbocycles. The van der Waals surface area contributed by atoms with Gasteiger partial charge in [0.05, 0.1) is 27.9 Å². The minimum Gasteiger partial charge on any atom is -0.294 e. The second-order valence-corrected chi connectivity index (χ2v) is 12.2. The Hall–Kier alpha value is -6.79. The quantitative estimate of drug-likeness (QED) is 0.191. The van der Waals surface area contributed by atoms with E-state index in [2.05, 4.69) is 147 Å². The van der Waals surface area contributed by atoms with Crippen LogP contribution in [0.3, 0.4) is 0 Å². The number of hydrogen-bond donors (Lipinski definition) is 0. The van der Waals surface area contributed by atoms with E-state index in [0.717, 1.165) is 78.3 Å². The molecular weight excluding hydrogens is 601 g/mol. The summed E-state index contributed by atoms with van der Waals surface area (Å²) in [7, 11) is 0. The Labute approximate surface area is 281 Å². The van der Waals surface area contributed by atoms with Gasteiger partial charge < -0.3 is 0 Å². The monoisotopic (exact) mass is 628 g/mol. The number of imidazole rings is 2. The van der Waals surface area contributed by atoms with Crippen LogP contribution in [0.15, 0.2) is 170 Å². The lowest BCUT2D eigenvalue weighted by atomic mass is 10.1. The lowest BCUT2D eigenvalue weighted by Crippen LogP contribution is -1.99. The first-order chi connectivity index (χ1) is 24.3. The summed E-state index contributed by atoms with van der Waals surface area (Å²) in [6, 6.07) is 58.7. The summed E-state index contributed by atoms with van der Waals surface area (Å²) in [4.78, 5) is 15.6. The van der Waals surface area contributed by atoms with Gasteiger partial charge in [0.15, 0.2) is 11.5 Å². The van der Waals surface area contributed by atoms with Crippen molar-refractivity contribution in [1.29, 1.82) is 0 Å². The van der Waals surface area contributed by atoms with Gasteiger partial charge in [-0.25, -0.2) is 15.0 Å². The van der Waals surface area contributed by atoms with E-state index in [9.17, 15) is 0 Å². The maximum absolute atomic E-state index is 5.39. The molecule has 0 amide bonds. The molecule has 0 aliphatic rings. The fraction of sp³-hybridized carbons (Fsp3) is 0. The Morgan fingerprint density at radius 2 is 0.939 bits per heavy atom. The van der Waals surface area contributed by atoms with Gasteiger partial charge in [0.1, 0.15) is 5.52 Å². The smallest absolute Gasteiger partial charge is 0.221 e. The number of nitrogens with zero attached hydrogens (tertiary/aromatic N) is 6. The van der Waals surface area contributed by atoms with Gasteiger partial charge in [-0.3, -0.25) is 13.5 Å². The summed E-state index contributed by atoms with van der Waals surface area (Å²) >= 11 is 0. The van der Waals surface area contributed by atoms with Crippen molar-refractivity contribution < 1.29 is 0 Å². The molecule has 0 atom stereocenters. The molecule has 4 aromatic heterocycles. The van der Waals surface area contributed by atoms with Gasteiger partial charge >= 0.3 is 0 Å². The van der Waals surface area contributed by atoms with E-state index >= 15 is 0 Å². The maximum atomic E-state index is 5.39. The van der Waals surface area contributed by atoms with E-state index in [-0.39, 0.29) is 0 Å². The Bertz CT molecular complexity index is 2750. The first kappa shape index (κ1) is 27.3. The third kappa shape index (κ3) is 4.31. The average molecular weight is 629 g/mol. The highest BCUT2D eigenvalue weighted by molar-refractivity contribution is 6.09. The topological polar surface area (TPSA) is 52.9 Å². The third-order valence-electron chi connectivity index (χ3n) is 9.25. The molecule has 6 heteroatoms. The molecule has 0 spiro atoms. The van der Waals surface area contributed by atoms with Gasteiger partial charge in [0.2, 0.25) is 5.78 Å².